The van der Waals surface area contributed by atoms with Crippen LogP contribution in [0.25, 0.3) is 0 Å². The molecule has 2 rings (SSSR count). The van der Waals surface area contributed by atoms with Gasteiger partial charge >= 0.3 is 0 Å². The molecule has 1 unspecified atom stereocenters. The minimum atomic E-state index is 0.0935. The molecule has 1 atom stereocenters. The van der Waals surface area contributed by atoms with Crippen LogP contribution in [0.15, 0.2) is 4.99 Å². The molecule has 1 amide bonds. The minimum Gasteiger partial charge on any atom is -0.352 e. The summed E-state index contributed by atoms with van der Waals surface area (Å²) in [5.74, 6) is 2.46. The molecule has 2 fully saturated rings. The average Bonchev–Trinajstić information content (AvgIpc) is 2.96. The van der Waals surface area contributed by atoms with Gasteiger partial charge in [-0.25, -0.2) is 0 Å². The molecule has 0 bridgehead atoms. The molecule has 2 N–H and O–H groups in total. The number of guanidine groups is 1. The van der Waals surface area contributed by atoms with Crippen LogP contribution in [0, 0.1) is 11.8 Å². The fourth-order valence-electron chi connectivity index (χ4n) is 3.90. The summed E-state index contributed by atoms with van der Waals surface area (Å²) in [4.78, 5) is 18.8. The Labute approximate surface area is 141 Å². The highest BCUT2D eigenvalue weighted by Gasteiger charge is 2.25. The van der Waals surface area contributed by atoms with Gasteiger partial charge in [0, 0.05) is 26.2 Å². The Balaban J connectivity index is 1.71. The molecule has 1 aliphatic heterocycles. The molecule has 5 heteroatoms. The van der Waals surface area contributed by atoms with Crippen molar-refractivity contribution in [3.05, 3.63) is 0 Å². The van der Waals surface area contributed by atoms with Gasteiger partial charge in [-0.15, -0.1) is 0 Å². The van der Waals surface area contributed by atoms with Crippen molar-refractivity contribution in [3.63, 3.8) is 0 Å². The minimum absolute atomic E-state index is 0.0935. The fraction of sp³-hybridized carbons (Fsp3) is 0.889. The molecular formula is C18H34N4O. The number of nitrogens with one attached hydrogen (secondary N) is 2. The Morgan fingerprint density at radius 1 is 1.22 bits per heavy atom. The number of likely N-dealkylation sites (tertiary alicyclic amines) is 1. The van der Waals surface area contributed by atoms with Crippen molar-refractivity contribution in [1.29, 1.82) is 0 Å². The van der Waals surface area contributed by atoms with E-state index in [-0.39, 0.29) is 5.91 Å². The molecule has 132 valence electrons. The number of hydrogen-bond donors (Lipinski definition) is 2. The summed E-state index contributed by atoms with van der Waals surface area (Å²) in [7, 11) is 1.80. The zero-order valence-corrected chi connectivity index (χ0v) is 15.1. The Morgan fingerprint density at radius 3 is 2.61 bits per heavy atom. The molecular weight excluding hydrogens is 288 g/mol. The second-order valence-corrected chi connectivity index (χ2v) is 7.53. The van der Waals surface area contributed by atoms with Crippen molar-refractivity contribution < 1.29 is 4.79 Å². The lowest BCUT2D eigenvalue weighted by molar-refractivity contribution is -0.120. The second-order valence-electron chi connectivity index (χ2n) is 7.53. The van der Waals surface area contributed by atoms with Crippen LogP contribution >= 0.6 is 0 Å². The first-order valence-electron chi connectivity index (χ1n) is 9.33. The highest BCUT2D eigenvalue weighted by atomic mass is 16.2. The number of carbonyl (C=O) groups is 1. The summed E-state index contributed by atoms with van der Waals surface area (Å²) in [6.45, 7) is 6.99. The van der Waals surface area contributed by atoms with E-state index in [4.69, 9.17) is 0 Å². The van der Waals surface area contributed by atoms with Gasteiger partial charge in [0.25, 0.3) is 0 Å². The van der Waals surface area contributed by atoms with Crippen LogP contribution in [0.5, 0.6) is 0 Å². The van der Waals surface area contributed by atoms with Crippen molar-refractivity contribution in [1.82, 2.24) is 15.5 Å². The van der Waals surface area contributed by atoms with Crippen LogP contribution in [-0.2, 0) is 4.79 Å². The monoisotopic (exact) mass is 322 g/mol. The summed E-state index contributed by atoms with van der Waals surface area (Å²) >= 11 is 0. The third-order valence-electron chi connectivity index (χ3n) is 4.98. The van der Waals surface area contributed by atoms with E-state index in [2.05, 4.69) is 34.4 Å². The Morgan fingerprint density at radius 2 is 1.96 bits per heavy atom. The number of carbonyl (C=O) groups excluding carboxylic acids is 1. The lowest BCUT2D eigenvalue weighted by atomic mass is 9.95. The predicted molar refractivity (Wildman–Crippen MR) is 95.5 cm³/mol. The van der Waals surface area contributed by atoms with Crippen LogP contribution in [0.4, 0.5) is 0 Å². The predicted octanol–water partition coefficient (Wildman–Crippen LogP) is 2.38. The van der Waals surface area contributed by atoms with Crippen LogP contribution < -0.4 is 10.6 Å². The molecule has 1 heterocycles. The van der Waals surface area contributed by atoms with Gasteiger partial charge in [0.05, 0.1) is 6.54 Å². The number of rotatable bonds is 5. The van der Waals surface area contributed by atoms with Crippen LogP contribution in [-0.4, -0.2) is 49.5 Å². The van der Waals surface area contributed by atoms with Crippen LogP contribution in [0.3, 0.4) is 0 Å². The van der Waals surface area contributed by atoms with Crippen molar-refractivity contribution in [2.75, 3.05) is 26.7 Å². The first-order chi connectivity index (χ1) is 11.1. The first kappa shape index (κ1) is 18.1. The molecule has 1 saturated carbocycles. The molecule has 2 aliphatic rings. The lowest BCUT2D eigenvalue weighted by Crippen LogP contribution is -2.47. The van der Waals surface area contributed by atoms with E-state index >= 15 is 0 Å². The third kappa shape index (κ3) is 6.04. The average molecular weight is 322 g/mol. The van der Waals surface area contributed by atoms with E-state index in [1.54, 1.807) is 7.05 Å². The number of amides is 1. The Kier molecular flexibility index (Phi) is 7.18. The summed E-state index contributed by atoms with van der Waals surface area (Å²) in [5.41, 5.74) is 0. The topological polar surface area (TPSA) is 56.7 Å². The van der Waals surface area contributed by atoms with E-state index in [1.807, 2.05) is 0 Å². The van der Waals surface area contributed by atoms with Crippen molar-refractivity contribution in [3.8, 4) is 0 Å². The Hall–Kier alpha value is -1.26. The molecule has 23 heavy (non-hydrogen) atoms. The molecule has 5 nitrogen and oxygen atoms in total. The maximum absolute atomic E-state index is 12.1. The van der Waals surface area contributed by atoms with Gasteiger partial charge in [0.1, 0.15) is 0 Å². The zero-order chi connectivity index (χ0) is 16.7. The highest BCUT2D eigenvalue weighted by molar-refractivity contribution is 5.86. The first-order valence-corrected chi connectivity index (χ1v) is 9.33. The molecule has 1 aliphatic carbocycles. The van der Waals surface area contributed by atoms with Gasteiger partial charge in [-0.05, 0) is 37.5 Å². The highest BCUT2D eigenvalue weighted by Crippen LogP contribution is 2.23. The largest absolute Gasteiger partial charge is 0.352 e. The molecule has 0 aromatic carbocycles. The summed E-state index contributed by atoms with van der Waals surface area (Å²) in [6, 6.07) is 0.377. The molecule has 0 spiro atoms. The van der Waals surface area contributed by atoms with Gasteiger partial charge in [-0.2, -0.15) is 0 Å². The molecule has 0 aromatic heterocycles. The van der Waals surface area contributed by atoms with E-state index in [0.717, 1.165) is 43.7 Å². The van der Waals surface area contributed by atoms with Crippen LogP contribution in [0.2, 0.25) is 0 Å². The standard InChI is InChI=1S/C18H34N4O/c1-14(2)11-15-9-10-22(13-15)18(19-3)20-12-17(23)21-16-7-5-4-6-8-16/h14-16H,4-13H2,1-3H3,(H,19,20)(H,21,23). The van der Waals surface area contributed by atoms with Crippen molar-refractivity contribution >= 4 is 11.9 Å². The zero-order valence-electron chi connectivity index (χ0n) is 15.1. The van der Waals surface area contributed by atoms with Gasteiger partial charge in [-0.1, -0.05) is 33.1 Å². The van der Waals surface area contributed by atoms with E-state index in [9.17, 15) is 4.79 Å². The maximum atomic E-state index is 12.1. The van der Waals surface area contributed by atoms with E-state index in [1.165, 1.54) is 32.1 Å². The summed E-state index contributed by atoms with van der Waals surface area (Å²) in [5, 5.41) is 6.39. The summed E-state index contributed by atoms with van der Waals surface area (Å²) < 4.78 is 0. The van der Waals surface area contributed by atoms with E-state index in [0.29, 0.717) is 12.6 Å². The van der Waals surface area contributed by atoms with E-state index < -0.39 is 0 Å². The number of nitrogens with zero attached hydrogens (tertiary/aromatic N) is 2. The third-order valence-corrected chi connectivity index (χ3v) is 4.98. The number of hydrogen-bond acceptors (Lipinski definition) is 2. The maximum Gasteiger partial charge on any atom is 0.239 e. The molecule has 1 saturated heterocycles. The van der Waals surface area contributed by atoms with Gasteiger partial charge in [0.15, 0.2) is 5.96 Å². The number of aliphatic imine (C=N–C) groups is 1. The second kappa shape index (κ2) is 9.14. The smallest absolute Gasteiger partial charge is 0.239 e. The van der Waals surface area contributed by atoms with Gasteiger partial charge < -0.3 is 15.5 Å². The molecule has 0 aromatic rings. The lowest BCUT2D eigenvalue weighted by Gasteiger charge is -2.24. The Bertz CT molecular complexity index is 402. The van der Waals surface area contributed by atoms with Crippen LogP contribution in [0.1, 0.15) is 58.8 Å². The van der Waals surface area contributed by atoms with Gasteiger partial charge in [-0.3, -0.25) is 9.79 Å². The quantitative estimate of drug-likeness (QED) is 0.603. The van der Waals surface area contributed by atoms with Crippen molar-refractivity contribution in [2.24, 2.45) is 16.8 Å². The summed E-state index contributed by atoms with van der Waals surface area (Å²) in [6.07, 6.45) is 8.55. The molecule has 0 radical (unpaired) electrons. The normalized spacial score (nSPS) is 23.4. The van der Waals surface area contributed by atoms with Gasteiger partial charge in [0.2, 0.25) is 5.91 Å². The van der Waals surface area contributed by atoms with Crippen molar-refractivity contribution in [2.45, 2.75) is 64.8 Å². The SMILES string of the molecule is CN=C(NCC(=O)NC1CCCCC1)N1CCC(CC(C)C)C1. The fourth-order valence-corrected chi connectivity index (χ4v) is 3.90.